The van der Waals surface area contributed by atoms with Crippen LogP contribution in [0.1, 0.15) is 15.9 Å². The number of nitrogens with one attached hydrogen (secondary N) is 2. The van der Waals surface area contributed by atoms with Crippen molar-refractivity contribution in [3.05, 3.63) is 74.6 Å². The average molecular weight is 478 g/mol. The molecule has 0 aliphatic carbocycles. The molecule has 1 heterocycles. The van der Waals surface area contributed by atoms with Crippen LogP contribution in [0.3, 0.4) is 0 Å². The van der Waals surface area contributed by atoms with Crippen molar-refractivity contribution in [2.24, 2.45) is 0 Å². The van der Waals surface area contributed by atoms with Crippen molar-refractivity contribution in [3.8, 4) is 0 Å². The zero-order chi connectivity index (χ0) is 22.4. The van der Waals surface area contributed by atoms with Crippen LogP contribution in [0.15, 0.2) is 53.4 Å². The van der Waals surface area contributed by atoms with E-state index < -0.39 is 17.1 Å². The van der Waals surface area contributed by atoms with E-state index in [1.54, 1.807) is 48.5 Å². The van der Waals surface area contributed by atoms with Crippen molar-refractivity contribution in [2.45, 2.75) is 0 Å². The predicted molar refractivity (Wildman–Crippen MR) is 121 cm³/mol. The molecular formula is C21H17Cl2N3O4S. The van der Waals surface area contributed by atoms with Crippen molar-refractivity contribution in [1.82, 2.24) is 15.5 Å². The number of carbonyl (C=O) groups excluding carboxylic acids is 4. The molecule has 1 aliphatic heterocycles. The standard InChI is InChI=1S/C21H17Cl2N3O4S/c22-15-8-4-7-14(18(15)23)11-16-20(29)26(21(30)31-16)10-9-24-17(27)12-25-19(28)13-5-2-1-3-6-13/h1-8,11H,9-10,12H2,(H,24,27)(H,25,28)/b16-11+. The molecule has 0 atom stereocenters. The fraction of sp³-hybridized carbons (Fsp3) is 0.143. The summed E-state index contributed by atoms with van der Waals surface area (Å²) in [5.74, 6) is -1.28. The molecule has 1 aliphatic rings. The summed E-state index contributed by atoms with van der Waals surface area (Å²) >= 11 is 12.9. The number of imide groups is 1. The molecule has 2 aromatic rings. The zero-order valence-corrected chi connectivity index (χ0v) is 18.4. The number of hydrogen-bond acceptors (Lipinski definition) is 5. The number of amides is 4. The fourth-order valence-corrected chi connectivity index (χ4v) is 3.91. The molecule has 0 aromatic heterocycles. The Hall–Kier alpha value is -2.81. The molecule has 4 amide bonds. The number of nitrogens with zero attached hydrogens (tertiary/aromatic N) is 1. The first-order valence-corrected chi connectivity index (χ1v) is 10.7. The summed E-state index contributed by atoms with van der Waals surface area (Å²) in [6, 6.07) is 13.5. The van der Waals surface area contributed by atoms with E-state index in [0.717, 1.165) is 16.7 Å². The third-order valence-corrected chi connectivity index (χ3v) is 5.99. The van der Waals surface area contributed by atoms with E-state index in [-0.39, 0.29) is 30.4 Å². The van der Waals surface area contributed by atoms with Gasteiger partial charge in [-0.15, -0.1) is 0 Å². The van der Waals surface area contributed by atoms with Crippen molar-refractivity contribution in [2.75, 3.05) is 19.6 Å². The minimum atomic E-state index is -0.474. The molecule has 1 saturated heterocycles. The Balaban J connectivity index is 1.49. The highest BCUT2D eigenvalue weighted by Gasteiger charge is 2.34. The second kappa shape index (κ2) is 10.5. The maximum Gasteiger partial charge on any atom is 0.293 e. The molecular weight excluding hydrogens is 461 g/mol. The Morgan fingerprint density at radius 2 is 1.74 bits per heavy atom. The van der Waals surface area contributed by atoms with Crippen LogP contribution < -0.4 is 10.6 Å². The lowest BCUT2D eigenvalue weighted by molar-refractivity contribution is -0.124. The second-order valence-corrected chi connectivity index (χ2v) is 8.15. The smallest absolute Gasteiger partial charge is 0.293 e. The van der Waals surface area contributed by atoms with Crippen LogP contribution in [0.25, 0.3) is 6.08 Å². The van der Waals surface area contributed by atoms with Gasteiger partial charge in [-0.3, -0.25) is 24.1 Å². The highest BCUT2D eigenvalue weighted by atomic mass is 35.5. The number of thioether (sulfide) groups is 1. The lowest BCUT2D eigenvalue weighted by atomic mass is 10.2. The van der Waals surface area contributed by atoms with E-state index >= 15 is 0 Å². The maximum atomic E-state index is 12.5. The molecule has 0 radical (unpaired) electrons. The summed E-state index contributed by atoms with van der Waals surface area (Å²) in [5.41, 5.74) is 0.974. The molecule has 0 saturated carbocycles. The van der Waals surface area contributed by atoms with Crippen molar-refractivity contribution in [1.29, 1.82) is 0 Å². The number of hydrogen-bond donors (Lipinski definition) is 2. The lowest BCUT2D eigenvalue weighted by Gasteiger charge is -2.13. The summed E-state index contributed by atoms with van der Waals surface area (Å²) in [5, 5.41) is 5.27. The second-order valence-electron chi connectivity index (χ2n) is 6.38. The highest BCUT2D eigenvalue weighted by Crippen LogP contribution is 2.34. The van der Waals surface area contributed by atoms with Crippen LogP contribution in [0.2, 0.25) is 10.0 Å². The molecule has 10 heteroatoms. The van der Waals surface area contributed by atoms with Gasteiger partial charge in [0.05, 0.1) is 21.5 Å². The predicted octanol–water partition coefficient (Wildman–Crippen LogP) is 3.58. The van der Waals surface area contributed by atoms with E-state index in [0.29, 0.717) is 21.2 Å². The quantitative estimate of drug-likeness (QED) is 0.594. The van der Waals surface area contributed by atoms with Crippen LogP contribution in [-0.4, -0.2) is 47.5 Å². The summed E-state index contributed by atoms with van der Waals surface area (Å²) in [6.45, 7) is -0.157. The molecule has 3 rings (SSSR count). The number of carbonyl (C=O) groups is 4. The third-order valence-electron chi connectivity index (χ3n) is 4.24. The number of benzene rings is 2. The van der Waals surface area contributed by atoms with E-state index in [1.807, 2.05) is 0 Å². The van der Waals surface area contributed by atoms with E-state index in [1.165, 1.54) is 6.08 Å². The van der Waals surface area contributed by atoms with Gasteiger partial charge in [0.15, 0.2) is 0 Å². The molecule has 0 spiro atoms. The van der Waals surface area contributed by atoms with Gasteiger partial charge < -0.3 is 10.6 Å². The average Bonchev–Trinajstić information content (AvgIpc) is 3.03. The number of rotatable bonds is 7. The normalized spacial score (nSPS) is 14.8. The minimum Gasteiger partial charge on any atom is -0.353 e. The van der Waals surface area contributed by atoms with Gasteiger partial charge in [-0.25, -0.2) is 0 Å². The van der Waals surface area contributed by atoms with Gasteiger partial charge in [0.1, 0.15) is 0 Å². The van der Waals surface area contributed by atoms with Gasteiger partial charge in [0.2, 0.25) is 5.91 Å². The van der Waals surface area contributed by atoms with Crippen LogP contribution in [0, 0.1) is 0 Å². The maximum absolute atomic E-state index is 12.5. The van der Waals surface area contributed by atoms with Gasteiger partial charge in [-0.05, 0) is 41.6 Å². The van der Waals surface area contributed by atoms with Crippen LogP contribution in [0.4, 0.5) is 4.79 Å². The van der Waals surface area contributed by atoms with Crippen LogP contribution >= 0.6 is 35.0 Å². The van der Waals surface area contributed by atoms with E-state index in [4.69, 9.17) is 23.2 Å². The zero-order valence-electron chi connectivity index (χ0n) is 16.1. The Morgan fingerprint density at radius 1 is 1.00 bits per heavy atom. The van der Waals surface area contributed by atoms with Gasteiger partial charge in [-0.1, -0.05) is 53.5 Å². The summed E-state index contributed by atoms with van der Waals surface area (Å²) in [4.78, 5) is 49.8. The molecule has 2 N–H and O–H groups in total. The Morgan fingerprint density at radius 3 is 2.48 bits per heavy atom. The Kier molecular flexibility index (Phi) is 7.73. The molecule has 1 fully saturated rings. The molecule has 7 nitrogen and oxygen atoms in total. The fourth-order valence-electron chi connectivity index (χ4n) is 2.69. The van der Waals surface area contributed by atoms with E-state index in [2.05, 4.69) is 10.6 Å². The number of halogens is 2. The van der Waals surface area contributed by atoms with Gasteiger partial charge in [-0.2, -0.15) is 0 Å². The molecule has 2 aromatic carbocycles. The van der Waals surface area contributed by atoms with Crippen molar-refractivity contribution >= 4 is 64.0 Å². The van der Waals surface area contributed by atoms with Crippen molar-refractivity contribution < 1.29 is 19.2 Å². The molecule has 0 bridgehead atoms. The SMILES string of the molecule is O=C(CNC(=O)c1ccccc1)NCCN1C(=O)S/C(=C/c2cccc(Cl)c2Cl)C1=O. The highest BCUT2D eigenvalue weighted by molar-refractivity contribution is 8.18. The third kappa shape index (κ3) is 5.88. The van der Waals surface area contributed by atoms with E-state index in [9.17, 15) is 19.2 Å². The van der Waals surface area contributed by atoms with Crippen LogP contribution in [-0.2, 0) is 9.59 Å². The molecule has 0 unspecified atom stereocenters. The topological polar surface area (TPSA) is 95.6 Å². The van der Waals surface area contributed by atoms with Gasteiger partial charge >= 0.3 is 0 Å². The molecule has 160 valence electrons. The largest absolute Gasteiger partial charge is 0.353 e. The monoisotopic (exact) mass is 477 g/mol. The first kappa shape index (κ1) is 22.9. The van der Waals surface area contributed by atoms with Gasteiger partial charge in [0, 0.05) is 18.7 Å². The van der Waals surface area contributed by atoms with Gasteiger partial charge in [0.25, 0.3) is 17.1 Å². The van der Waals surface area contributed by atoms with Crippen LogP contribution in [0.5, 0.6) is 0 Å². The van der Waals surface area contributed by atoms with Crippen molar-refractivity contribution in [3.63, 3.8) is 0 Å². The Bertz CT molecular complexity index is 1060. The Labute approximate surface area is 192 Å². The minimum absolute atomic E-state index is 0.00363. The summed E-state index contributed by atoms with van der Waals surface area (Å²) in [7, 11) is 0. The lowest BCUT2D eigenvalue weighted by Crippen LogP contribution is -2.41. The first-order valence-electron chi connectivity index (χ1n) is 9.16. The molecule has 31 heavy (non-hydrogen) atoms. The summed E-state index contributed by atoms with van der Waals surface area (Å²) < 4.78 is 0. The summed E-state index contributed by atoms with van der Waals surface area (Å²) in [6.07, 6.45) is 1.51. The first-order chi connectivity index (χ1) is 14.9.